The van der Waals surface area contributed by atoms with E-state index >= 15 is 0 Å². The van der Waals surface area contributed by atoms with E-state index in [1.807, 2.05) is 49.4 Å². The van der Waals surface area contributed by atoms with Crippen molar-refractivity contribution in [3.8, 4) is 6.07 Å². The minimum Gasteiger partial charge on any atom is -0.322 e. The molecule has 0 fully saturated rings. The van der Waals surface area contributed by atoms with Gasteiger partial charge in [0, 0.05) is 21.0 Å². The lowest BCUT2D eigenvalue weighted by Crippen LogP contribution is -2.26. The van der Waals surface area contributed by atoms with Crippen molar-refractivity contribution in [3.05, 3.63) is 75.7 Å². The topological polar surface area (TPSA) is 82.0 Å². The van der Waals surface area contributed by atoms with Crippen molar-refractivity contribution in [1.29, 1.82) is 5.26 Å². The molecule has 1 aliphatic carbocycles. The summed E-state index contributed by atoms with van der Waals surface area (Å²) < 4.78 is 0. The van der Waals surface area contributed by atoms with E-state index in [0.717, 1.165) is 35.3 Å². The number of hydrogen-bond donors (Lipinski definition) is 2. The maximum atomic E-state index is 12.8. The number of carbonyl (C=O) groups is 2. The molecular weight excluding hydrogens is 486 g/mol. The van der Waals surface area contributed by atoms with E-state index in [9.17, 15) is 14.9 Å². The van der Waals surface area contributed by atoms with Gasteiger partial charge in [0.15, 0.2) is 0 Å². The highest BCUT2D eigenvalue weighted by molar-refractivity contribution is 8.00. The third-order valence-electron chi connectivity index (χ3n) is 6.71. The Labute approximate surface area is 221 Å². The molecule has 1 aliphatic rings. The van der Waals surface area contributed by atoms with Gasteiger partial charge in [0.05, 0.1) is 11.3 Å². The van der Waals surface area contributed by atoms with Crippen LogP contribution in [0.5, 0.6) is 0 Å². The van der Waals surface area contributed by atoms with Crippen LogP contribution in [0.1, 0.15) is 59.1 Å². The van der Waals surface area contributed by atoms with Crippen LogP contribution in [0.2, 0.25) is 0 Å². The van der Waals surface area contributed by atoms with E-state index in [0.29, 0.717) is 27.7 Å². The van der Waals surface area contributed by atoms with Gasteiger partial charge in [-0.25, -0.2) is 0 Å². The first-order valence-corrected chi connectivity index (χ1v) is 13.9. The van der Waals surface area contributed by atoms with Gasteiger partial charge in [-0.3, -0.25) is 9.59 Å². The molecule has 0 radical (unpaired) electrons. The Morgan fingerprint density at radius 2 is 1.92 bits per heavy atom. The second-order valence-corrected chi connectivity index (χ2v) is 12.4. The molecule has 3 aromatic rings. The fraction of sp³-hybridized carbons (Fsp3) is 0.345. The summed E-state index contributed by atoms with van der Waals surface area (Å²) in [7, 11) is 0. The number of nitrogens with one attached hydrogen (secondary N) is 2. The molecule has 1 heterocycles. The highest BCUT2D eigenvalue weighted by atomic mass is 32.2. The standard InChI is InChI=1S/C29H31N3O2S2/c1-18-8-5-6-11-22(18)27(34)31-20-9-7-10-21(15-20)35-17-26(33)32-28-24(16-30)23-13-12-19(29(2,3)4)14-25(23)36-28/h5-11,15,19H,12-14,17H2,1-4H3,(H,31,34)(H,32,33). The van der Waals surface area contributed by atoms with Crippen molar-refractivity contribution in [2.24, 2.45) is 11.3 Å². The van der Waals surface area contributed by atoms with Crippen LogP contribution in [-0.2, 0) is 17.6 Å². The SMILES string of the molecule is Cc1ccccc1C(=O)Nc1cccc(SCC(=O)Nc2sc3c(c2C#N)CCC(C(C)(C)C)C3)c1. The molecular formula is C29H31N3O2S2. The lowest BCUT2D eigenvalue weighted by Gasteiger charge is -2.33. The first-order chi connectivity index (χ1) is 17.2. The molecule has 5 nitrogen and oxygen atoms in total. The molecule has 186 valence electrons. The number of benzene rings is 2. The average Bonchev–Trinajstić information content (AvgIpc) is 3.18. The molecule has 0 saturated heterocycles. The Kier molecular flexibility index (Phi) is 7.87. The number of rotatable bonds is 6. The van der Waals surface area contributed by atoms with Gasteiger partial charge in [0.2, 0.25) is 5.91 Å². The van der Waals surface area contributed by atoms with Crippen molar-refractivity contribution < 1.29 is 9.59 Å². The monoisotopic (exact) mass is 517 g/mol. The number of fused-ring (bicyclic) bond motifs is 1. The Bertz CT molecular complexity index is 1330. The van der Waals surface area contributed by atoms with E-state index in [4.69, 9.17) is 0 Å². The molecule has 1 atom stereocenters. The van der Waals surface area contributed by atoms with Gasteiger partial charge in [0.1, 0.15) is 11.1 Å². The fourth-order valence-electron chi connectivity index (χ4n) is 4.53. The van der Waals surface area contributed by atoms with Crippen LogP contribution in [0, 0.1) is 29.6 Å². The Morgan fingerprint density at radius 3 is 2.64 bits per heavy atom. The first kappa shape index (κ1) is 26.0. The summed E-state index contributed by atoms with van der Waals surface area (Å²) in [4.78, 5) is 27.5. The van der Waals surface area contributed by atoms with Crippen molar-refractivity contribution in [2.75, 3.05) is 16.4 Å². The molecule has 1 aromatic heterocycles. The lowest BCUT2D eigenvalue weighted by atomic mass is 9.72. The number of thiophene rings is 1. The molecule has 2 amide bonds. The zero-order valence-electron chi connectivity index (χ0n) is 21.1. The molecule has 0 bridgehead atoms. The Hall–Kier alpha value is -3.08. The van der Waals surface area contributed by atoms with Gasteiger partial charge >= 0.3 is 0 Å². The molecule has 4 rings (SSSR count). The second kappa shape index (κ2) is 10.9. The quantitative estimate of drug-likeness (QED) is 0.343. The summed E-state index contributed by atoms with van der Waals surface area (Å²) >= 11 is 2.95. The summed E-state index contributed by atoms with van der Waals surface area (Å²) in [6, 6.07) is 17.3. The Morgan fingerprint density at radius 1 is 1.14 bits per heavy atom. The molecule has 0 spiro atoms. The fourth-order valence-corrected chi connectivity index (χ4v) is 6.58. The van der Waals surface area contributed by atoms with E-state index in [1.165, 1.54) is 16.6 Å². The number of thioether (sulfide) groups is 1. The van der Waals surface area contributed by atoms with E-state index in [2.05, 4.69) is 37.5 Å². The van der Waals surface area contributed by atoms with Crippen LogP contribution in [0.3, 0.4) is 0 Å². The van der Waals surface area contributed by atoms with Gasteiger partial charge in [-0.05, 0) is 72.9 Å². The second-order valence-electron chi connectivity index (χ2n) is 10.3. The number of anilines is 2. The van der Waals surface area contributed by atoms with Gasteiger partial charge in [-0.15, -0.1) is 23.1 Å². The molecule has 7 heteroatoms. The van der Waals surface area contributed by atoms with E-state index < -0.39 is 0 Å². The van der Waals surface area contributed by atoms with Crippen LogP contribution in [-0.4, -0.2) is 17.6 Å². The van der Waals surface area contributed by atoms with Crippen LogP contribution in [0.15, 0.2) is 53.4 Å². The third kappa shape index (κ3) is 6.00. The van der Waals surface area contributed by atoms with Crippen LogP contribution in [0.4, 0.5) is 10.7 Å². The number of amides is 2. The summed E-state index contributed by atoms with van der Waals surface area (Å²) in [5, 5.41) is 16.4. The summed E-state index contributed by atoms with van der Waals surface area (Å²) in [6.07, 6.45) is 2.92. The maximum absolute atomic E-state index is 12.8. The van der Waals surface area contributed by atoms with Crippen LogP contribution >= 0.6 is 23.1 Å². The smallest absolute Gasteiger partial charge is 0.255 e. The first-order valence-electron chi connectivity index (χ1n) is 12.1. The highest BCUT2D eigenvalue weighted by Crippen LogP contribution is 2.44. The maximum Gasteiger partial charge on any atom is 0.255 e. The predicted octanol–water partition coefficient (Wildman–Crippen LogP) is 7.06. The summed E-state index contributed by atoms with van der Waals surface area (Å²) in [6.45, 7) is 8.71. The predicted molar refractivity (Wildman–Crippen MR) is 149 cm³/mol. The number of hydrogen-bond acceptors (Lipinski definition) is 5. The molecule has 0 saturated carbocycles. The lowest BCUT2D eigenvalue weighted by molar-refractivity contribution is -0.113. The zero-order valence-corrected chi connectivity index (χ0v) is 22.7. The zero-order chi connectivity index (χ0) is 25.9. The van der Waals surface area contributed by atoms with Gasteiger partial charge in [0.25, 0.3) is 5.91 Å². The molecule has 1 unspecified atom stereocenters. The van der Waals surface area contributed by atoms with Crippen molar-refractivity contribution in [2.45, 2.75) is 51.9 Å². The van der Waals surface area contributed by atoms with E-state index in [-0.39, 0.29) is 23.0 Å². The molecule has 2 N–H and O–H groups in total. The van der Waals surface area contributed by atoms with Gasteiger partial charge < -0.3 is 10.6 Å². The molecule has 36 heavy (non-hydrogen) atoms. The average molecular weight is 518 g/mol. The normalized spacial score (nSPS) is 15.0. The highest BCUT2D eigenvalue weighted by Gasteiger charge is 2.32. The van der Waals surface area contributed by atoms with Crippen LogP contribution in [0.25, 0.3) is 0 Å². The molecule has 2 aromatic carbocycles. The van der Waals surface area contributed by atoms with Crippen molar-refractivity contribution in [3.63, 3.8) is 0 Å². The number of aryl methyl sites for hydroxylation is 1. The largest absolute Gasteiger partial charge is 0.322 e. The van der Waals surface area contributed by atoms with Crippen molar-refractivity contribution in [1.82, 2.24) is 0 Å². The van der Waals surface area contributed by atoms with Crippen molar-refractivity contribution >= 4 is 45.6 Å². The Balaban J connectivity index is 1.38. The summed E-state index contributed by atoms with van der Waals surface area (Å²) in [5.74, 6) is 0.491. The molecule has 0 aliphatic heterocycles. The third-order valence-corrected chi connectivity index (χ3v) is 8.87. The van der Waals surface area contributed by atoms with Crippen LogP contribution < -0.4 is 10.6 Å². The minimum absolute atomic E-state index is 0.142. The van der Waals surface area contributed by atoms with Gasteiger partial charge in [-0.1, -0.05) is 45.0 Å². The number of carbonyl (C=O) groups excluding carboxylic acids is 2. The van der Waals surface area contributed by atoms with E-state index in [1.54, 1.807) is 17.4 Å². The minimum atomic E-state index is -0.160. The summed E-state index contributed by atoms with van der Waals surface area (Å²) in [5.41, 5.74) is 4.20. The van der Waals surface area contributed by atoms with Gasteiger partial charge in [-0.2, -0.15) is 5.26 Å². The number of nitrogens with zero attached hydrogens (tertiary/aromatic N) is 1. The number of nitriles is 1.